The van der Waals surface area contributed by atoms with Crippen LogP contribution in [0.5, 0.6) is 0 Å². The average molecular weight is 228 g/mol. The van der Waals surface area contributed by atoms with Gasteiger partial charge in [-0.25, -0.2) is 17.6 Å². The van der Waals surface area contributed by atoms with Crippen molar-refractivity contribution in [1.29, 1.82) is 5.26 Å². The van der Waals surface area contributed by atoms with Crippen LogP contribution >= 0.6 is 0 Å². The van der Waals surface area contributed by atoms with Gasteiger partial charge in [0.1, 0.15) is 0 Å². The summed E-state index contributed by atoms with van der Waals surface area (Å²) in [7, 11) is 0. The summed E-state index contributed by atoms with van der Waals surface area (Å²) in [5.41, 5.74) is -2.77. The van der Waals surface area contributed by atoms with Crippen molar-refractivity contribution in [3.8, 4) is 6.19 Å². The van der Waals surface area contributed by atoms with E-state index in [-0.39, 0.29) is 0 Å². The predicted octanol–water partition coefficient (Wildman–Crippen LogP) is 2.50. The Morgan fingerprint density at radius 2 is 1.44 bits per heavy atom. The van der Waals surface area contributed by atoms with Gasteiger partial charge in [0, 0.05) is 0 Å². The smallest absolute Gasteiger partial charge is 0.201 e. The summed E-state index contributed by atoms with van der Waals surface area (Å²) in [5.74, 6) is -7.49. The zero-order chi connectivity index (χ0) is 12.3. The van der Waals surface area contributed by atoms with Crippen LogP contribution in [0.4, 0.5) is 17.6 Å². The monoisotopic (exact) mass is 228 g/mol. The highest BCUT2D eigenvalue weighted by atomic mass is 19.2. The molecule has 1 aliphatic rings. The number of nitrogens with zero attached hydrogens (tertiary/aromatic N) is 4. The molecule has 0 atom stereocenters. The van der Waals surface area contributed by atoms with E-state index in [1.54, 1.807) is 0 Å². The molecule has 0 bridgehead atoms. The maximum Gasteiger partial charge on any atom is 0.223 e. The summed E-state index contributed by atoms with van der Waals surface area (Å²) in [5, 5.41) is 10.6. The molecule has 0 fully saturated rings. The van der Waals surface area contributed by atoms with Gasteiger partial charge in [-0.15, -0.1) is 4.95 Å². The Bertz CT molecular complexity index is 463. The second-order valence-electron chi connectivity index (χ2n) is 2.36. The van der Waals surface area contributed by atoms with Gasteiger partial charge >= 0.3 is 0 Å². The van der Waals surface area contributed by atoms with E-state index in [2.05, 4.69) is 15.0 Å². The van der Waals surface area contributed by atoms with Gasteiger partial charge in [-0.1, -0.05) is 0 Å². The van der Waals surface area contributed by atoms with Crippen molar-refractivity contribution in [3.05, 3.63) is 34.8 Å². The molecule has 0 radical (unpaired) electrons. The fraction of sp³-hybridized carbons (Fsp3) is 0. The van der Waals surface area contributed by atoms with E-state index in [4.69, 9.17) is 11.8 Å². The van der Waals surface area contributed by atoms with Crippen molar-refractivity contribution < 1.29 is 17.6 Å². The molecule has 1 rings (SSSR count). The lowest BCUT2D eigenvalue weighted by Gasteiger charge is -2.08. The first-order chi connectivity index (χ1) is 7.54. The minimum absolute atomic E-state index is 0.992. The first kappa shape index (κ1) is 11.6. The Morgan fingerprint density at radius 3 is 1.81 bits per heavy atom. The molecule has 4 nitrogen and oxygen atoms in total. The standard InChI is InChI=1S/C8F4N4/c1-14-16-8-5(11)3(9)7(15-2-13)4(10)6(8)12. The van der Waals surface area contributed by atoms with Crippen LogP contribution in [-0.2, 0) is 0 Å². The molecule has 80 valence electrons. The van der Waals surface area contributed by atoms with Crippen LogP contribution in [0.1, 0.15) is 0 Å². The van der Waals surface area contributed by atoms with Gasteiger partial charge in [-0.05, 0) is 0 Å². The van der Waals surface area contributed by atoms with Crippen LogP contribution in [0, 0.1) is 18.0 Å². The van der Waals surface area contributed by atoms with Gasteiger partial charge in [0.05, 0.1) is 5.10 Å². The Labute approximate surface area is 86.3 Å². The molecule has 0 saturated heterocycles. The van der Waals surface area contributed by atoms with Crippen molar-refractivity contribution in [2.75, 3.05) is 0 Å². The molecule has 8 heteroatoms. The lowest BCUT2D eigenvalue weighted by atomic mass is 10.1. The number of allylic oxidation sites excluding steroid dienone is 4. The number of nitriles is 1. The summed E-state index contributed by atoms with van der Waals surface area (Å²) in [6.45, 7) is 6.21. The van der Waals surface area contributed by atoms with Crippen LogP contribution in [0.2, 0.25) is 0 Å². The summed E-state index contributed by atoms with van der Waals surface area (Å²) in [4.78, 5) is 4.84. The highest BCUT2D eigenvalue weighted by Gasteiger charge is 2.36. The maximum absolute atomic E-state index is 13.0. The summed E-state index contributed by atoms with van der Waals surface area (Å²) < 4.78 is 52.1. The highest BCUT2D eigenvalue weighted by molar-refractivity contribution is 6.25. The molecule has 0 aromatic rings. The molecule has 0 heterocycles. The van der Waals surface area contributed by atoms with Gasteiger partial charge in [-0.2, -0.15) is 16.8 Å². The van der Waals surface area contributed by atoms with Crippen molar-refractivity contribution in [1.82, 2.24) is 0 Å². The molecule has 0 aliphatic heterocycles. The van der Waals surface area contributed by atoms with Crippen LogP contribution in [0.25, 0.3) is 4.95 Å². The third-order valence-corrected chi connectivity index (χ3v) is 1.53. The summed E-state index contributed by atoms with van der Waals surface area (Å²) in [6, 6.07) is 0. The molecule has 1 aliphatic carbocycles. The van der Waals surface area contributed by atoms with Gasteiger partial charge < -0.3 is 0 Å². The molecule has 0 spiro atoms. The molecule has 0 aromatic carbocycles. The van der Waals surface area contributed by atoms with Gasteiger partial charge in [0.15, 0.2) is 29.0 Å². The zero-order valence-corrected chi connectivity index (χ0v) is 7.30. The third-order valence-electron chi connectivity index (χ3n) is 1.53. The number of hydrogen-bond acceptors (Lipinski definition) is 3. The number of halogens is 4. The molecule has 16 heavy (non-hydrogen) atoms. The SMILES string of the molecule is [C-]#[N+]N=C1C(F)=C(F)C(=NC#N)C(F)=C1F. The van der Waals surface area contributed by atoms with Crippen LogP contribution in [0.15, 0.2) is 33.4 Å². The van der Waals surface area contributed by atoms with Crippen molar-refractivity contribution in [2.45, 2.75) is 0 Å². The Kier molecular flexibility index (Phi) is 3.16. The lowest BCUT2D eigenvalue weighted by Crippen LogP contribution is -2.17. The minimum atomic E-state index is -1.87. The molecular weight excluding hydrogens is 228 g/mol. The largest absolute Gasteiger partial charge is 0.223 e. The quantitative estimate of drug-likeness (QED) is 0.206. The fourth-order valence-corrected chi connectivity index (χ4v) is 0.894. The maximum atomic E-state index is 13.0. The lowest BCUT2D eigenvalue weighted by molar-refractivity contribution is 0.546. The van der Waals surface area contributed by atoms with Gasteiger partial charge in [0.25, 0.3) is 0 Å². The molecule has 0 aromatic heterocycles. The minimum Gasteiger partial charge on any atom is -0.201 e. The van der Waals surface area contributed by atoms with Crippen molar-refractivity contribution >= 4 is 11.4 Å². The number of aliphatic imine (C=N–C) groups is 1. The topological polar surface area (TPSA) is 52.9 Å². The zero-order valence-electron chi connectivity index (χ0n) is 7.30. The first-order valence-electron chi connectivity index (χ1n) is 3.57. The van der Waals surface area contributed by atoms with Gasteiger partial charge in [-0.3, -0.25) is 0 Å². The summed E-state index contributed by atoms with van der Waals surface area (Å²) >= 11 is 0. The number of rotatable bonds is 0. The Morgan fingerprint density at radius 1 is 1.00 bits per heavy atom. The van der Waals surface area contributed by atoms with Crippen LogP contribution < -0.4 is 0 Å². The third kappa shape index (κ3) is 1.68. The highest BCUT2D eigenvalue weighted by Crippen LogP contribution is 2.29. The van der Waals surface area contributed by atoms with E-state index in [9.17, 15) is 17.6 Å². The van der Waals surface area contributed by atoms with Crippen LogP contribution in [0.3, 0.4) is 0 Å². The fourth-order valence-electron chi connectivity index (χ4n) is 0.894. The first-order valence-corrected chi connectivity index (χ1v) is 3.57. The van der Waals surface area contributed by atoms with E-state index in [0.717, 1.165) is 6.19 Å². The molecule has 0 saturated carbocycles. The predicted molar refractivity (Wildman–Crippen MR) is 45.6 cm³/mol. The second-order valence-corrected chi connectivity index (χ2v) is 2.36. The number of hydrogen-bond donors (Lipinski definition) is 0. The van der Waals surface area contributed by atoms with E-state index < -0.39 is 34.7 Å². The Hall–Kier alpha value is -2.48. The van der Waals surface area contributed by atoms with E-state index in [1.165, 1.54) is 0 Å². The second kappa shape index (κ2) is 4.36. The van der Waals surface area contributed by atoms with E-state index in [0.29, 0.717) is 0 Å². The van der Waals surface area contributed by atoms with Crippen molar-refractivity contribution in [3.63, 3.8) is 0 Å². The summed E-state index contributed by atoms with van der Waals surface area (Å²) in [6.07, 6.45) is 0.992. The van der Waals surface area contributed by atoms with Crippen molar-refractivity contribution in [2.24, 2.45) is 10.1 Å². The van der Waals surface area contributed by atoms with Gasteiger partial charge in [0.2, 0.25) is 11.9 Å². The molecule has 0 amide bonds. The normalized spacial score (nSPS) is 15.9. The van der Waals surface area contributed by atoms with E-state index in [1.807, 2.05) is 0 Å². The average Bonchev–Trinajstić information content (AvgIpc) is 2.28. The van der Waals surface area contributed by atoms with Crippen LogP contribution in [-0.4, -0.2) is 11.4 Å². The van der Waals surface area contributed by atoms with E-state index >= 15 is 0 Å². The Balaban J connectivity index is 3.52. The molecule has 0 unspecified atom stereocenters. The molecule has 0 N–H and O–H groups in total. The molecular formula is C8F4N4.